The third kappa shape index (κ3) is 2.86. The molecule has 3 nitrogen and oxygen atoms in total. The van der Waals surface area contributed by atoms with Gasteiger partial charge in [0.2, 0.25) is 4.96 Å². The third-order valence-electron chi connectivity index (χ3n) is 5.12. The first kappa shape index (κ1) is 17.3. The van der Waals surface area contributed by atoms with Gasteiger partial charge in [0.25, 0.3) is 0 Å². The minimum absolute atomic E-state index is 0.934. The monoisotopic (exact) mass is 400 g/mol. The van der Waals surface area contributed by atoms with Crippen molar-refractivity contribution in [3.63, 3.8) is 0 Å². The van der Waals surface area contributed by atoms with Crippen LogP contribution in [0.25, 0.3) is 4.96 Å². The number of hydrogen-bond acceptors (Lipinski definition) is 3. The molecule has 0 atom stereocenters. The van der Waals surface area contributed by atoms with Gasteiger partial charge in [-0.25, -0.2) is 0 Å². The van der Waals surface area contributed by atoms with Crippen LogP contribution in [0.5, 0.6) is 0 Å². The van der Waals surface area contributed by atoms with Crippen LogP contribution < -0.4 is 15.9 Å². The molecule has 0 aliphatic heterocycles. The molecule has 0 saturated carbocycles. The van der Waals surface area contributed by atoms with Crippen molar-refractivity contribution in [3.8, 4) is 0 Å². The summed E-state index contributed by atoms with van der Waals surface area (Å²) in [5, 5.41) is 14.7. The number of rotatable bonds is 5. The first-order valence-electron chi connectivity index (χ1n) is 9.19. The Balaban J connectivity index is 1.80. The molecule has 0 N–H and O–H groups in total. The van der Waals surface area contributed by atoms with Crippen molar-refractivity contribution in [1.82, 2.24) is 14.6 Å². The predicted octanol–water partition coefficient (Wildman–Crippen LogP) is 4.28. The predicted molar refractivity (Wildman–Crippen MR) is 120 cm³/mol. The highest BCUT2D eigenvalue weighted by Gasteiger charge is 2.46. The largest absolute Gasteiger partial charge is 0.273 e. The van der Waals surface area contributed by atoms with Gasteiger partial charge in [-0.2, -0.15) is 0 Å². The fourth-order valence-corrected chi connectivity index (χ4v) is 8.95. The van der Waals surface area contributed by atoms with Crippen LogP contribution in [0, 0.1) is 0 Å². The van der Waals surface area contributed by atoms with E-state index in [9.17, 15) is 0 Å². The van der Waals surface area contributed by atoms with Crippen molar-refractivity contribution in [2.75, 3.05) is 0 Å². The van der Waals surface area contributed by atoms with E-state index in [2.05, 4.69) is 111 Å². The lowest BCUT2D eigenvalue weighted by atomic mass is 10.4. The van der Waals surface area contributed by atoms with Gasteiger partial charge < -0.3 is 0 Å². The van der Waals surface area contributed by atoms with Gasteiger partial charge in [0.15, 0.2) is 0 Å². The van der Waals surface area contributed by atoms with E-state index < -0.39 is 7.26 Å². The Morgan fingerprint density at radius 1 is 0.714 bits per heavy atom. The highest BCUT2D eigenvalue weighted by molar-refractivity contribution is 7.95. The molecule has 0 unspecified atom stereocenters. The lowest BCUT2D eigenvalue weighted by Crippen LogP contribution is -2.32. The van der Waals surface area contributed by atoms with E-state index in [4.69, 9.17) is 0 Å². The van der Waals surface area contributed by atoms with Crippen LogP contribution in [-0.2, 0) is 6.16 Å². The Labute approximate surface area is 168 Å². The van der Waals surface area contributed by atoms with E-state index in [-0.39, 0.29) is 0 Å². The van der Waals surface area contributed by atoms with Crippen LogP contribution in [0.15, 0.2) is 103 Å². The molecule has 5 heteroatoms. The summed E-state index contributed by atoms with van der Waals surface area (Å²) in [6.45, 7) is 0. The number of fused-ring (bicyclic) bond motifs is 1. The van der Waals surface area contributed by atoms with Crippen LogP contribution in [0.3, 0.4) is 0 Å². The fourth-order valence-electron chi connectivity index (χ4n) is 3.80. The number of benzene rings is 3. The second kappa shape index (κ2) is 7.31. The zero-order valence-electron chi connectivity index (χ0n) is 15.2. The zero-order chi connectivity index (χ0) is 18.8. The maximum atomic E-state index is 4.23. The van der Waals surface area contributed by atoms with Crippen molar-refractivity contribution in [2.45, 2.75) is 6.16 Å². The topological polar surface area (TPSA) is 30.2 Å². The van der Waals surface area contributed by atoms with Crippen LogP contribution in [-0.4, -0.2) is 14.6 Å². The summed E-state index contributed by atoms with van der Waals surface area (Å²) in [6, 6.07) is 32.9. The molecule has 0 spiro atoms. The number of nitrogens with zero attached hydrogens (tertiary/aromatic N) is 3. The molecule has 5 aromatic rings. The smallest absolute Gasteiger partial charge is 0.216 e. The quantitative estimate of drug-likeness (QED) is 0.412. The second-order valence-electron chi connectivity index (χ2n) is 6.69. The van der Waals surface area contributed by atoms with Gasteiger partial charge in [0.1, 0.15) is 35.7 Å². The Hall–Kier alpha value is -2.81. The van der Waals surface area contributed by atoms with Gasteiger partial charge in [-0.1, -0.05) is 54.6 Å². The molecule has 0 aliphatic rings. The lowest BCUT2D eigenvalue weighted by molar-refractivity contribution is 1.06. The number of aromatic nitrogens is 3. The molecule has 2 aromatic heterocycles. The summed E-state index contributed by atoms with van der Waals surface area (Å²) in [7, 11) is -1.89. The number of hydrogen-bond donors (Lipinski definition) is 0. The average Bonchev–Trinajstić information content (AvgIpc) is 3.39. The van der Waals surface area contributed by atoms with Gasteiger partial charge in [-0.05, 0) is 36.4 Å². The summed E-state index contributed by atoms with van der Waals surface area (Å²) >= 11 is 1.65. The van der Waals surface area contributed by atoms with E-state index in [1.807, 2.05) is 6.33 Å². The number of thiazole rings is 1. The molecule has 3 aromatic carbocycles. The summed E-state index contributed by atoms with van der Waals surface area (Å²) in [5.41, 5.74) is 1.26. The van der Waals surface area contributed by atoms with Crippen LogP contribution in [0.4, 0.5) is 0 Å². The highest BCUT2D eigenvalue weighted by atomic mass is 32.1. The van der Waals surface area contributed by atoms with E-state index in [0.29, 0.717) is 0 Å². The molecule has 0 radical (unpaired) electrons. The SMILES string of the molecule is c1ccc([P+](Cc2csc3nncn23)(c2ccccc2)c2ccccc2)cc1. The highest BCUT2D eigenvalue weighted by Crippen LogP contribution is 2.58. The molecule has 0 fully saturated rings. The van der Waals surface area contributed by atoms with Crippen molar-refractivity contribution in [3.05, 3.63) is 108 Å². The minimum Gasteiger partial charge on any atom is -0.273 e. The van der Waals surface area contributed by atoms with Crippen LogP contribution in [0.1, 0.15) is 5.69 Å². The van der Waals surface area contributed by atoms with Crippen LogP contribution >= 0.6 is 18.6 Å². The average molecular weight is 400 g/mol. The summed E-state index contributed by atoms with van der Waals surface area (Å²) < 4.78 is 2.13. The van der Waals surface area contributed by atoms with Crippen molar-refractivity contribution in [2.24, 2.45) is 0 Å². The first-order chi connectivity index (χ1) is 13.9. The molecule has 0 aliphatic carbocycles. The molecular weight excluding hydrogens is 381 g/mol. The van der Waals surface area contributed by atoms with Gasteiger partial charge in [0, 0.05) is 5.38 Å². The molecule has 0 amide bonds. The summed E-state index contributed by atoms with van der Waals surface area (Å²) in [6.07, 6.45) is 2.76. The van der Waals surface area contributed by atoms with Gasteiger partial charge in [-0.3, -0.25) is 4.40 Å². The molecule has 2 heterocycles. The molecule has 0 saturated heterocycles. The molecular formula is C23H19N3PS+. The van der Waals surface area contributed by atoms with Gasteiger partial charge in [-0.15, -0.1) is 21.5 Å². The van der Waals surface area contributed by atoms with E-state index >= 15 is 0 Å². The van der Waals surface area contributed by atoms with E-state index in [0.717, 1.165) is 11.1 Å². The summed E-state index contributed by atoms with van der Waals surface area (Å²) in [5.74, 6) is 0. The van der Waals surface area contributed by atoms with Crippen molar-refractivity contribution < 1.29 is 0 Å². The second-order valence-corrected chi connectivity index (χ2v) is 11.0. The molecule has 28 heavy (non-hydrogen) atoms. The minimum atomic E-state index is -1.89. The molecule has 0 bridgehead atoms. The van der Waals surface area contributed by atoms with Gasteiger partial charge in [0.05, 0.1) is 5.69 Å². The summed E-state index contributed by atoms with van der Waals surface area (Å²) in [4.78, 5) is 0.947. The van der Waals surface area contributed by atoms with Crippen molar-refractivity contribution >= 4 is 39.5 Å². The van der Waals surface area contributed by atoms with Gasteiger partial charge >= 0.3 is 0 Å². The maximum Gasteiger partial charge on any atom is 0.216 e. The third-order valence-corrected chi connectivity index (χ3v) is 10.3. The molecule has 136 valence electrons. The Morgan fingerprint density at radius 3 is 1.71 bits per heavy atom. The standard InChI is InChI=1S/C23H19N3PS/c1-4-10-20(11-5-1)27(21-12-6-2-7-13-21,22-14-8-3-9-15-22)16-19-17-28-23-25-24-18-26(19)23/h1-15,17-18H,16H2/q+1. The first-order valence-corrected chi connectivity index (χ1v) is 12.0. The zero-order valence-corrected chi connectivity index (χ0v) is 16.9. The van der Waals surface area contributed by atoms with Crippen LogP contribution in [0.2, 0.25) is 0 Å². The van der Waals surface area contributed by atoms with E-state index in [1.54, 1.807) is 11.3 Å². The Morgan fingerprint density at radius 2 is 1.21 bits per heavy atom. The Bertz CT molecular complexity index is 1090. The van der Waals surface area contributed by atoms with E-state index in [1.165, 1.54) is 21.6 Å². The maximum absolute atomic E-state index is 4.23. The van der Waals surface area contributed by atoms with Crippen molar-refractivity contribution in [1.29, 1.82) is 0 Å². The molecule has 5 rings (SSSR count). The fraction of sp³-hybridized carbons (Fsp3) is 0.0435. The Kier molecular flexibility index (Phi) is 4.52. The lowest BCUT2D eigenvalue weighted by Gasteiger charge is -2.27. The normalized spacial score (nSPS) is 11.7.